The van der Waals surface area contributed by atoms with Gasteiger partial charge in [0.2, 0.25) is 5.76 Å². The third-order valence-electron chi connectivity index (χ3n) is 4.45. The molecule has 8 nitrogen and oxygen atoms in total. The van der Waals surface area contributed by atoms with Crippen LogP contribution in [0.1, 0.15) is 21.8 Å². The molecule has 3 heterocycles. The molecule has 1 aliphatic rings. The number of amides is 1. The van der Waals surface area contributed by atoms with Crippen LogP contribution in [0.2, 0.25) is 0 Å². The van der Waals surface area contributed by atoms with Gasteiger partial charge in [0.15, 0.2) is 11.5 Å². The van der Waals surface area contributed by atoms with Crippen LogP contribution in [0.4, 0.5) is 5.69 Å². The van der Waals surface area contributed by atoms with Crippen molar-refractivity contribution in [1.29, 1.82) is 0 Å². The first-order chi connectivity index (χ1) is 13.8. The Morgan fingerprint density at radius 2 is 1.89 bits per heavy atom. The van der Waals surface area contributed by atoms with Gasteiger partial charge in [-0.1, -0.05) is 30.3 Å². The van der Waals surface area contributed by atoms with E-state index in [0.717, 1.165) is 5.56 Å². The number of oxazole rings is 1. The van der Waals surface area contributed by atoms with Crippen molar-refractivity contribution in [3.8, 4) is 11.5 Å². The summed E-state index contributed by atoms with van der Waals surface area (Å²) in [5, 5.41) is 7.03. The van der Waals surface area contributed by atoms with Gasteiger partial charge < -0.3 is 19.2 Å². The third-order valence-corrected chi connectivity index (χ3v) is 4.45. The van der Waals surface area contributed by atoms with Crippen LogP contribution in [-0.4, -0.2) is 33.7 Å². The lowest BCUT2D eigenvalue weighted by atomic mass is 10.1. The number of carbonyl (C=O) groups excluding carboxylic acids is 1. The quantitative estimate of drug-likeness (QED) is 0.589. The molecule has 2 aromatic carbocycles. The van der Waals surface area contributed by atoms with Gasteiger partial charge in [0.05, 0.1) is 0 Å². The molecular formula is C20H16N4O4. The number of hydrogen-bond donors (Lipinski definition) is 1. The molecule has 0 bridgehead atoms. The Balaban J connectivity index is 1.46. The summed E-state index contributed by atoms with van der Waals surface area (Å²) in [7, 11) is 0. The van der Waals surface area contributed by atoms with Crippen molar-refractivity contribution in [2.24, 2.45) is 0 Å². The molecule has 0 fully saturated rings. The highest BCUT2D eigenvalue weighted by molar-refractivity contribution is 6.03. The average Bonchev–Trinajstić information content (AvgIpc) is 3.31. The van der Waals surface area contributed by atoms with Gasteiger partial charge in [0.25, 0.3) is 5.91 Å². The van der Waals surface area contributed by atoms with Crippen LogP contribution in [0.15, 0.2) is 59.3 Å². The minimum absolute atomic E-state index is 0.175. The number of benzene rings is 2. The first kappa shape index (κ1) is 16.4. The van der Waals surface area contributed by atoms with E-state index >= 15 is 0 Å². The van der Waals surface area contributed by atoms with Gasteiger partial charge in [0, 0.05) is 18.2 Å². The Morgan fingerprint density at radius 1 is 1.07 bits per heavy atom. The van der Waals surface area contributed by atoms with Crippen LogP contribution in [0.3, 0.4) is 0 Å². The van der Waals surface area contributed by atoms with Crippen molar-refractivity contribution >= 4 is 17.4 Å². The van der Waals surface area contributed by atoms with E-state index < -0.39 is 0 Å². The molecule has 1 N–H and O–H groups in total. The summed E-state index contributed by atoms with van der Waals surface area (Å²) in [5.41, 5.74) is 2.25. The van der Waals surface area contributed by atoms with Crippen LogP contribution in [0.25, 0.3) is 5.84 Å². The number of nitrogens with one attached hydrogen (secondary N) is 1. The molecule has 1 aliphatic heterocycles. The lowest BCUT2D eigenvalue weighted by Crippen LogP contribution is -2.17. The van der Waals surface area contributed by atoms with Gasteiger partial charge in [0.1, 0.15) is 25.2 Å². The fraction of sp³-hybridized carbons (Fsp3) is 0.150. The normalized spacial score (nSPS) is 12.9. The maximum atomic E-state index is 12.9. The smallest absolute Gasteiger partial charge is 0.325 e. The van der Waals surface area contributed by atoms with Gasteiger partial charge >= 0.3 is 5.84 Å². The van der Waals surface area contributed by atoms with Crippen molar-refractivity contribution in [2.75, 3.05) is 18.5 Å². The van der Waals surface area contributed by atoms with E-state index in [-0.39, 0.29) is 17.5 Å². The number of rotatable bonds is 4. The molecule has 0 aliphatic carbocycles. The molecule has 140 valence electrons. The number of hydrogen-bond acceptors (Lipinski definition) is 6. The number of carbonyl (C=O) groups is 1. The van der Waals surface area contributed by atoms with Crippen LogP contribution in [-0.2, 0) is 6.42 Å². The molecule has 0 unspecified atom stereocenters. The standard InChI is InChI=1S/C20H16N4O4/c25-19(23-14-6-7-16-17(11-14)27-9-8-26-16)18-15(10-13-4-2-1-3-5-13)24-20(28-18)21-12-22-24/h1-7,11-12H,8-10H2,(H,23,25). The van der Waals surface area contributed by atoms with E-state index in [1.54, 1.807) is 22.7 Å². The van der Waals surface area contributed by atoms with Gasteiger partial charge in [-0.15, -0.1) is 0 Å². The Hall–Kier alpha value is -3.81. The second-order valence-electron chi connectivity index (χ2n) is 6.31. The number of aromatic nitrogens is 3. The second kappa shape index (κ2) is 6.73. The summed E-state index contributed by atoms with van der Waals surface area (Å²) in [6.07, 6.45) is 1.89. The molecule has 1 amide bonds. The molecule has 28 heavy (non-hydrogen) atoms. The van der Waals surface area contributed by atoms with E-state index in [4.69, 9.17) is 13.9 Å². The zero-order valence-corrected chi connectivity index (χ0v) is 14.8. The van der Waals surface area contributed by atoms with Crippen LogP contribution in [0.5, 0.6) is 11.5 Å². The monoisotopic (exact) mass is 376 g/mol. The average molecular weight is 376 g/mol. The van der Waals surface area contributed by atoms with Crippen molar-refractivity contribution in [3.05, 3.63) is 71.9 Å². The molecule has 0 atom stereocenters. The summed E-state index contributed by atoms with van der Waals surface area (Å²) in [4.78, 5) is 17.0. The maximum Gasteiger partial charge on any atom is 0.325 e. The molecule has 4 aromatic rings. The van der Waals surface area contributed by atoms with Crippen LogP contribution < -0.4 is 14.8 Å². The lowest BCUT2D eigenvalue weighted by molar-refractivity contribution is 0.0997. The van der Waals surface area contributed by atoms with Crippen molar-refractivity contribution in [2.45, 2.75) is 6.42 Å². The summed E-state index contributed by atoms with van der Waals surface area (Å²) < 4.78 is 18.3. The SMILES string of the molecule is O=C(Nc1ccc2c(c1)OCCO2)c1oc2ncnn2c1Cc1ccccc1. The van der Waals surface area contributed by atoms with E-state index in [2.05, 4.69) is 15.4 Å². The fourth-order valence-corrected chi connectivity index (χ4v) is 3.16. The van der Waals surface area contributed by atoms with Crippen molar-refractivity contribution in [3.63, 3.8) is 0 Å². The maximum absolute atomic E-state index is 12.9. The first-order valence-electron chi connectivity index (χ1n) is 8.84. The largest absolute Gasteiger partial charge is 0.486 e. The molecule has 0 spiro atoms. The zero-order valence-electron chi connectivity index (χ0n) is 14.8. The highest BCUT2D eigenvalue weighted by atomic mass is 16.6. The second-order valence-corrected chi connectivity index (χ2v) is 6.31. The zero-order chi connectivity index (χ0) is 18.9. The number of nitrogens with zero attached hydrogens (tertiary/aromatic N) is 3. The predicted molar refractivity (Wildman–Crippen MR) is 99.9 cm³/mol. The summed E-state index contributed by atoms with van der Waals surface area (Å²) >= 11 is 0. The number of ether oxygens (including phenoxy) is 2. The summed E-state index contributed by atoms with van der Waals surface area (Å²) in [6.45, 7) is 0.993. The minimum Gasteiger partial charge on any atom is -0.486 e. The Bertz CT molecular complexity index is 1150. The molecule has 0 saturated heterocycles. The first-order valence-corrected chi connectivity index (χ1v) is 8.84. The van der Waals surface area contributed by atoms with Crippen LogP contribution >= 0.6 is 0 Å². The van der Waals surface area contributed by atoms with E-state index in [1.807, 2.05) is 30.3 Å². The Kier molecular flexibility index (Phi) is 3.93. The highest BCUT2D eigenvalue weighted by Crippen LogP contribution is 2.33. The number of fused-ring (bicyclic) bond motifs is 2. The Labute approximate surface area is 159 Å². The van der Waals surface area contributed by atoms with Crippen LogP contribution in [0, 0.1) is 0 Å². The lowest BCUT2D eigenvalue weighted by Gasteiger charge is -2.18. The molecule has 0 radical (unpaired) electrons. The highest BCUT2D eigenvalue weighted by Gasteiger charge is 2.23. The Morgan fingerprint density at radius 3 is 2.75 bits per heavy atom. The predicted octanol–water partition coefficient (Wildman–Crippen LogP) is 2.94. The molecule has 2 aromatic heterocycles. The van der Waals surface area contributed by atoms with E-state index in [9.17, 15) is 4.79 Å². The summed E-state index contributed by atoms with van der Waals surface area (Å²) in [6, 6.07) is 15.1. The number of anilines is 1. The van der Waals surface area contributed by atoms with Gasteiger partial charge in [-0.05, 0) is 17.7 Å². The topological polar surface area (TPSA) is 90.9 Å². The third kappa shape index (κ3) is 2.94. The molecule has 8 heteroatoms. The fourth-order valence-electron chi connectivity index (χ4n) is 3.16. The van der Waals surface area contributed by atoms with E-state index in [0.29, 0.717) is 42.5 Å². The van der Waals surface area contributed by atoms with Gasteiger partial charge in [-0.2, -0.15) is 14.6 Å². The van der Waals surface area contributed by atoms with Crippen molar-refractivity contribution < 1.29 is 18.7 Å². The summed E-state index contributed by atoms with van der Waals surface area (Å²) in [5.74, 6) is 1.33. The molecule has 5 rings (SSSR count). The minimum atomic E-state index is -0.380. The van der Waals surface area contributed by atoms with E-state index in [1.165, 1.54) is 6.33 Å². The molecular weight excluding hydrogens is 360 g/mol. The van der Waals surface area contributed by atoms with Gasteiger partial charge in [-0.25, -0.2) is 0 Å². The molecule has 0 saturated carbocycles. The van der Waals surface area contributed by atoms with Crippen molar-refractivity contribution in [1.82, 2.24) is 14.6 Å². The van der Waals surface area contributed by atoms with Gasteiger partial charge in [-0.3, -0.25) is 4.79 Å².